The van der Waals surface area contributed by atoms with Gasteiger partial charge >= 0.3 is 6.03 Å². The highest BCUT2D eigenvalue weighted by Crippen LogP contribution is 2.34. The highest BCUT2D eigenvalue weighted by atomic mass is 16.2. The molecule has 1 saturated carbocycles. The molecule has 0 aromatic rings. The number of nitrogens with zero attached hydrogens (tertiary/aromatic N) is 1. The normalized spacial score (nSPS) is 21.7. The van der Waals surface area contributed by atoms with Crippen LogP contribution < -0.4 is 16.4 Å². The molecule has 0 radical (unpaired) electrons. The summed E-state index contributed by atoms with van der Waals surface area (Å²) in [4.78, 5) is 37.2. The maximum Gasteiger partial charge on any atom is 0.325 e. The number of carbonyl (C=O) groups excluding carboxylic acids is 3. The lowest BCUT2D eigenvalue weighted by Crippen LogP contribution is -2.44. The second-order valence-corrected chi connectivity index (χ2v) is 6.07. The van der Waals surface area contributed by atoms with Gasteiger partial charge in [0.1, 0.15) is 5.54 Å². The zero-order valence-corrected chi connectivity index (χ0v) is 12.5. The molecule has 1 atom stereocenters. The minimum atomic E-state index is -0.693. The van der Waals surface area contributed by atoms with E-state index in [0.29, 0.717) is 25.9 Å². The Labute approximate surface area is 124 Å². The minimum Gasteiger partial charge on any atom is -0.356 e. The predicted molar refractivity (Wildman–Crippen MR) is 77.3 cm³/mol. The highest BCUT2D eigenvalue weighted by Gasteiger charge is 2.52. The monoisotopic (exact) mass is 296 g/mol. The molecule has 4 amide bonds. The summed E-state index contributed by atoms with van der Waals surface area (Å²) in [5.74, 6) is -0.121. The fraction of sp³-hybridized carbons (Fsp3) is 0.786. The molecule has 4 N–H and O–H groups in total. The van der Waals surface area contributed by atoms with Crippen LogP contribution in [-0.4, -0.2) is 47.9 Å². The number of urea groups is 1. The number of imide groups is 1. The number of hydrogen-bond acceptors (Lipinski definition) is 4. The molecule has 1 heterocycles. The Kier molecular flexibility index (Phi) is 4.82. The lowest BCUT2D eigenvalue weighted by Gasteiger charge is -2.20. The molecular formula is C14H24N4O3. The average molecular weight is 296 g/mol. The van der Waals surface area contributed by atoms with E-state index < -0.39 is 5.54 Å². The van der Waals surface area contributed by atoms with Crippen molar-refractivity contribution < 1.29 is 14.4 Å². The molecule has 7 nitrogen and oxygen atoms in total. The van der Waals surface area contributed by atoms with Crippen LogP contribution in [0, 0.1) is 5.92 Å². The van der Waals surface area contributed by atoms with Crippen molar-refractivity contribution in [2.75, 3.05) is 19.6 Å². The Hall–Kier alpha value is -1.63. The lowest BCUT2D eigenvalue weighted by molar-refractivity contribution is -0.131. The smallest absolute Gasteiger partial charge is 0.325 e. The van der Waals surface area contributed by atoms with E-state index in [2.05, 4.69) is 10.6 Å². The van der Waals surface area contributed by atoms with E-state index in [1.54, 1.807) is 0 Å². The van der Waals surface area contributed by atoms with Gasteiger partial charge in [-0.15, -0.1) is 0 Å². The van der Waals surface area contributed by atoms with Gasteiger partial charge in [-0.25, -0.2) is 4.79 Å². The second-order valence-electron chi connectivity index (χ2n) is 6.07. The van der Waals surface area contributed by atoms with Crippen molar-refractivity contribution in [2.24, 2.45) is 11.7 Å². The summed E-state index contributed by atoms with van der Waals surface area (Å²) in [5, 5.41) is 5.56. The van der Waals surface area contributed by atoms with Crippen LogP contribution in [0.2, 0.25) is 0 Å². The minimum absolute atomic E-state index is 0.131. The summed E-state index contributed by atoms with van der Waals surface area (Å²) in [6.45, 7) is 3.10. The molecule has 2 fully saturated rings. The number of rotatable bonds is 6. The molecule has 2 rings (SSSR count). The van der Waals surface area contributed by atoms with Crippen LogP contribution in [0.3, 0.4) is 0 Å². The Bertz CT molecular complexity index is 432. The number of nitrogens with two attached hydrogens (primary N) is 1. The number of hydrogen-bond donors (Lipinski definition) is 3. The molecule has 0 bridgehead atoms. The van der Waals surface area contributed by atoms with Crippen molar-refractivity contribution in [2.45, 2.75) is 44.6 Å². The molecule has 0 aromatic heterocycles. The maximum absolute atomic E-state index is 12.4. The van der Waals surface area contributed by atoms with Crippen LogP contribution in [0.1, 0.15) is 39.0 Å². The Balaban J connectivity index is 1.82. The van der Waals surface area contributed by atoms with Gasteiger partial charge in [0, 0.05) is 19.5 Å². The van der Waals surface area contributed by atoms with Crippen LogP contribution >= 0.6 is 0 Å². The molecule has 1 spiro atoms. The fourth-order valence-electron chi connectivity index (χ4n) is 2.87. The molecule has 1 aliphatic heterocycles. The SMILES string of the molecule is CC(CN)CNC(=O)CCN1C(=O)NC2(CCCC2)C1=O. The van der Waals surface area contributed by atoms with Gasteiger partial charge in [-0.05, 0) is 25.3 Å². The van der Waals surface area contributed by atoms with Gasteiger partial charge in [0.05, 0.1) is 0 Å². The molecule has 7 heteroatoms. The maximum atomic E-state index is 12.4. The third-order valence-corrected chi connectivity index (χ3v) is 4.32. The third kappa shape index (κ3) is 3.34. The summed E-state index contributed by atoms with van der Waals surface area (Å²) in [7, 11) is 0. The summed E-state index contributed by atoms with van der Waals surface area (Å²) in [6, 6.07) is -0.370. The number of carbonyl (C=O) groups is 3. The first-order valence-corrected chi connectivity index (χ1v) is 7.59. The average Bonchev–Trinajstić information content (AvgIpc) is 3.02. The zero-order chi connectivity index (χ0) is 15.5. The molecule has 1 saturated heterocycles. The van der Waals surface area contributed by atoms with Gasteiger partial charge in [0.15, 0.2) is 0 Å². The fourth-order valence-corrected chi connectivity index (χ4v) is 2.87. The quantitative estimate of drug-likeness (QED) is 0.598. The summed E-state index contributed by atoms with van der Waals surface area (Å²) in [6.07, 6.45) is 3.45. The van der Waals surface area contributed by atoms with Gasteiger partial charge in [-0.2, -0.15) is 0 Å². The standard InChI is InChI=1S/C14H24N4O3/c1-10(8-15)9-16-11(19)4-7-18-12(20)14(17-13(18)21)5-2-3-6-14/h10H,2-9,15H2,1H3,(H,16,19)(H,17,21). The van der Waals surface area contributed by atoms with Crippen molar-refractivity contribution in [3.8, 4) is 0 Å². The van der Waals surface area contributed by atoms with Crippen molar-refractivity contribution in [1.29, 1.82) is 0 Å². The molecule has 1 unspecified atom stereocenters. The van der Waals surface area contributed by atoms with Crippen molar-refractivity contribution in [3.05, 3.63) is 0 Å². The number of amides is 4. The van der Waals surface area contributed by atoms with Crippen LogP contribution in [0.4, 0.5) is 4.79 Å². The lowest BCUT2D eigenvalue weighted by atomic mass is 9.98. The van der Waals surface area contributed by atoms with Gasteiger partial charge < -0.3 is 16.4 Å². The van der Waals surface area contributed by atoms with Gasteiger partial charge in [0.25, 0.3) is 5.91 Å². The topological polar surface area (TPSA) is 105 Å². The summed E-state index contributed by atoms with van der Waals surface area (Å²) < 4.78 is 0. The van der Waals surface area contributed by atoms with Gasteiger partial charge in [-0.3, -0.25) is 14.5 Å². The first-order valence-electron chi connectivity index (χ1n) is 7.59. The van der Waals surface area contributed by atoms with E-state index in [9.17, 15) is 14.4 Å². The van der Waals surface area contributed by atoms with Crippen molar-refractivity contribution >= 4 is 17.8 Å². The summed E-state index contributed by atoms with van der Waals surface area (Å²) >= 11 is 0. The third-order valence-electron chi connectivity index (χ3n) is 4.32. The second kappa shape index (κ2) is 6.43. The van der Waals surface area contributed by atoms with Crippen molar-refractivity contribution in [3.63, 3.8) is 0 Å². The largest absolute Gasteiger partial charge is 0.356 e. The zero-order valence-electron chi connectivity index (χ0n) is 12.5. The Morgan fingerprint density at radius 3 is 2.71 bits per heavy atom. The van der Waals surface area contributed by atoms with E-state index in [4.69, 9.17) is 5.73 Å². The Morgan fingerprint density at radius 2 is 2.10 bits per heavy atom. The summed E-state index contributed by atoms with van der Waals surface area (Å²) in [5.41, 5.74) is 4.78. The van der Waals surface area contributed by atoms with E-state index in [1.165, 1.54) is 4.90 Å². The number of nitrogens with one attached hydrogen (secondary N) is 2. The molecule has 118 valence electrons. The first kappa shape index (κ1) is 15.8. The van der Waals surface area contributed by atoms with Crippen LogP contribution in [-0.2, 0) is 9.59 Å². The molecule has 2 aliphatic rings. The van der Waals surface area contributed by atoms with E-state index in [-0.39, 0.29) is 36.7 Å². The highest BCUT2D eigenvalue weighted by molar-refractivity contribution is 6.07. The van der Waals surface area contributed by atoms with Crippen molar-refractivity contribution in [1.82, 2.24) is 15.5 Å². The Morgan fingerprint density at radius 1 is 1.43 bits per heavy atom. The van der Waals surface area contributed by atoms with Crippen LogP contribution in [0.5, 0.6) is 0 Å². The molecule has 21 heavy (non-hydrogen) atoms. The van der Waals surface area contributed by atoms with Crippen LogP contribution in [0.15, 0.2) is 0 Å². The predicted octanol–water partition coefficient (Wildman–Crippen LogP) is -0.0479. The molecule has 0 aromatic carbocycles. The van der Waals surface area contributed by atoms with E-state index in [0.717, 1.165) is 12.8 Å². The van der Waals surface area contributed by atoms with Gasteiger partial charge in [-0.1, -0.05) is 19.8 Å². The van der Waals surface area contributed by atoms with E-state index in [1.807, 2.05) is 6.92 Å². The van der Waals surface area contributed by atoms with Crippen LogP contribution in [0.25, 0.3) is 0 Å². The molecular weight excluding hydrogens is 272 g/mol. The first-order chi connectivity index (χ1) is 9.98. The van der Waals surface area contributed by atoms with E-state index >= 15 is 0 Å². The van der Waals surface area contributed by atoms with Gasteiger partial charge in [0.2, 0.25) is 5.91 Å². The molecule has 1 aliphatic carbocycles.